The molecule has 0 amide bonds. The number of nitrogens with one attached hydrogen (secondary N) is 1. The molecule has 2 nitrogen and oxygen atoms in total. The van der Waals surface area contributed by atoms with Crippen molar-refractivity contribution in [3.8, 4) is 0 Å². The van der Waals surface area contributed by atoms with Gasteiger partial charge < -0.3 is 10.4 Å². The molecule has 0 aliphatic heterocycles. The van der Waals surface area contributed by atoms with Crippen LogP contribution in [-0.2, 0) is 6.54 Å². The average Bonchev–Trinajstić information content (AvgIpc) is 2.56. The standard InChI is InChI=1S/C8H11F2NOS/c9-8(10)7(12)5-11-4-6-2-1-3-13-6/h1-3,7-8,11-12H,4-5H2. The Kier molecular flexibility index (Phi) is 4.27. The van der Waals surface area contributed by atoms with Gasteiger partial charge in [-0.1, -0.05) is 6.07 Å². The van der Waals surface area contributed by atoms with E-state index in [9.17, 15) is 8.78 Å². The summed E-state index contributed by atoms with van der Waals surface area (Å²) in [6.07, 6.45) is -4.24. The second kappa shape index (κ2) is 5.26. The molecule has 13 heavy (non-hydrogen) atoms. The predicted octanol–water partition coefficient (Wildman–Crippen LogP) is 1.46. The molecule has 74 valence electrons. The van der Waals surface area contributed by atoms with E-state index in [-0.39, 0.29) is 6.54 Å². The first-order chi connectivity index (χ1) is 6.20. The second-order valence-corrected chi connectivity index (χ2v) is 3.64. The Morgan fingerprint density at radius 3 is 2.85 bits per heavy atom. The summed E-state index contributed by atoms with van der Waals surface area (Å²) in [5, 5.41) is 13.4. The molecule has 1 unspecified atom stereocenters. The van der Waals surface area contributed by atoms with Gasteiger partial charge in [-0.05, 0) is 11.4 Å². The summed E-state index contributed by atoms with van der Waals surface area (Å²) in [5.74, 6) is 0. The molecule has 0 aliphatic rings. The van der Waals surface area contributed by atoms with Crippen LogP contribution in [0.3, 0.4) is 0 Å². The molecular weight excluding hydrogens is 196 g/mol. The molecular formula is C8H11F2NOS. The van der Waals surface area contributed by atoms with Crippen LogP contribution in [0, 0.1) is 0 Å². The van der Waals surface area contributed by atoms with Gasteiger partial charge in [-0.3, -0.25) is 0 Å². The van der Waals surface area contributed by atoms with Crippen molar-refractivity contribution in [3.63, 3.8) is 0 Å². The van der Waals surface area contributed by atoms with Crippen LogP contribution >= 0.6 is 11.3 Å². The Morgan fingerprint density at radius 1 is 1.54 bits per heavy atom. The summed E-state index contributed by atoms with van der Waals surface area (Å²) in [5.41, 5.74) is 0. The molecule has 1 heterocycles. The molecule has 0 spiro atoms. The van der Waals surface area contributed by atoms with E-state index in [4.69, 9.17) is 5.11 Å². The minimum Gasteiger partial charge on any atom is -0.386 e. The molecule has 0 bridgehead atoms. The maximum absolute atomic E-state index is 11.8. The largest absolute Gasteiger partial charge is 0.386 e. The fraction of sp³-hybridized carbons (Fsp3) is 0.500. The van der Waals surface area contributed by atoms with E-state index in [0.717, 1.165) is 4.88 Å². The molecule has 0 aromatic carbocycles. The number of hydrogen-bond donors (Lipinski definition) is 2. The summed E-state index contributed by atoms with van der Waals surface area (Å²) in [6, 6.07) is 3.80. The Labute approximate surface area is 79.2 Å². The monoisotopic (exact) mass is 207 g/mol. The molecule has 0 aliphatic carbocycles. The molecule has 2 N–H and O–H groups in total. The van der Waals surface area contributed by atoms with Gasteiger partial charge in [0.2, 0.25) is 0 Å². The van der Waals surface area contributed by atoms with Crippen molar-refractivity contribution in [3.05, 3.63) is 22.4 Å². The smallest absolute Gasteiger partial charge is 0.265 e. The quantitative estimate of drug-likeness (QED) is 0.766. The molecule has 1 atom stereocenters. The van der Waals surface area contributed by atoms with Gasteiger partial charge in [0.05, 0.1) is 0 Å². The lowest BCUT2D eigenvalue weighted by Gasteiger charge is -2.09. The maximum atomic E-state index is 11.8. The first-order valence-corrected chi connectivity index (χ1v) is 4.77. The van der Waals surface area contributed by atoms with Crippen molar-refractivity contribution in [1.82, 2.24) is 5.32 Å². The van der Waals surface area contributed by atoms with Crippen LogP contribution in [0.4, 0.5) is 8.78 Å². The van der Waals surface area contributed by atoms with Crippen molar-refractivity contribution >= 4 is 11.3 Å². The highest BCUT2D eigenvalue weighted by atomic mass is 32.1. The summed E-state index contributed by atoms with van der Waals surface area (Å²) in [4.78, 5) is 1.07. The van der Waals surface area contributed by atoms with E-state index in [2.05, 4.69) is 5.32 Å². The van der Waals surface area contributed by atoms with Gasteiger partial charge in [0.25, 0.3) is 6.43 Å². The third-order valence-electron chi connectivity index (χ3n) is 1.52. The molecule has 0 saturated heterocycles. The number of thiophene rings is 1. The van der Waals surface area contributed by atoms with Gasteiger partial charge in [-0.25, -0.2) is 8.78 Å². The number of aliphatic hydroxyl groups excluding tert-OH is 1. The van der Waals surface area contributed by atoms with E-state index < -0.39 is 12.5 Å². The van der Waals surface area contributed by atoms with Crippen LogP contribution in [0.5, 0.6) is 0 Å². The van der Waals surface area contributed by atoms with E-state index in [1.54, 1.807) is 11.3 Å². The summed E-state index contributed by atoms with van der Waals surface area (Å²) >= 11 is 1.55. The highest BCUT2D eigenvalue weighted by Crippen LogP contribution is 2.07. The minimum absolute atomic E-state index is 0.0738. The van der Waals surface area contributed by atoms with Crippen LogP contribution in [0.1, 0.15) is 4.88 Å². The highest BCUT2D eigenvalue weighted by Gasteiger charge is 2.15. The fourth-order valence-corrected chi connectivity index (χ4v) is 1.52. The van der Waals surface area contributed by atoms with Gasteiger partial charge in [0.1, 0.15) is 6.10 Å². The normalized spacial score (nSPS) is 13.5. The Balaban J connectivity index is 2.14. The molecule has 1 rings (SSSR count). The zero-order chi connectivity index (χ0) is 9.68. The topological polar surface area (TPSA) is 32.3 Å². The van der Waals surface area contributed by atoms with Crippen LogP contribution in [0.2, 0.25) is 0 Å². The van der Waals surface area contributed by atoms with Gasteiger partial charge in [0, 0.05) is 18.0 Å². The highest BCUT2D eigenvalue weighted by molar-refractivity contribution is 7.09. The van der Waals surface area contributed by atoms with Crippen LogP contribution in [0.25, 0.3) is 0 Å². The number of alkyl halides is 2. The van der Waals surface area contributed by atoms with Crippen LogP contribution < -0.4 is 5.32 Å². The summed E-state index contributed by atoms with van der Waals surface area (Å²) in [7, 11) is 0. The lowest BCUT2D eigenvalue weighted by atomic mass is 10.3. The molecule has 1 aromatic rings. The Bertz CT molecular complexity index is 228. The lowest BCUT2D eigenvalue weighted by Crippen LogP contribution is -2.31. The number of hydrogen-bond acceptors (Lipinski definition) is 3. The molecule has 1 aromatic heterocycles. The molecule has 5 heteroatoms. The zero-order valence-corrected chi connectivity index (χ0v) is 7.73. The Morgan fingerprint density at radius 2 is 2.31 bits per heavy atom. The van der Waals surface area contributed by atoms with Crippen LogP contribution in [0.15, 0.2) is 17.5 Å². The lowest BCUT2D eigenvalue weighted by molar-refractivity contribution is -0.00337. The minimum atomic E-state index is -2.67. The first kappa shape index (κ1) is 10.6. The first-order valence-electron chi connectivity index (χ1n) is 3.89. The third kappa shape index (κ3) is 3.80. The van der Waals surface area contributed by atoms with E-state index in [1.165, 1.54) is 0 Å². The number of aliphatic hydroxyl groups is 1. The van der Waals surface area contributed by atoms with Crippen molar-refractivity contribution in [2.75, 3.05) is 6.54 Å². The Hall–Kier alpha value is -0.520. The second-order valence-electron chi connectivity index (χ2n) is 2.61. The predicted molar refractivity (Wildman–Crippen MR) is 48.0 cm³/mol. The van der Waals surface area contributed by atoms with E-state index in [0.29, 0.717) is 6.54 Å². The SMILES string of the molecule is OC(CNCc1cccs1)C(F)F. The van der Waals surface area contributed by atoms with Crippen LogP contribution in [-0.4, -0.2) is 24.2 Å². The third-order valence-corrected chi connectivity index (χ3v) is 2.40. The fourth-order valence-electron chi connectivity index (χ4n) is 0.846. The van der Waals surface area contributed by atoms with E-state index >= 15 is 0 Å². The van der Waals surface area contributed by atoms with Gasteiger partial charge in [0.15, 0.2) is 0 Å². The van der Waals surface area contributed by atoms with Crippen molar-refractivity contribution in [2.24, 2.45) is 0 Å². The van der Waals surface area contributed by atoms with Crippen molar-refractivity contribution in [1.29, 1.82) is 0 Å². The van der Waals surface area contributed by atoms with Gasteiger partial charge in [-0.15, -0.1) is 11.3 Å². The zero-order valence-electron chi connectivity index (χ0n) is 6.91. The molecule has 0 saturated carbocycles. The molecule has 0 radical (unpaired) electrons. The summed E-state index contributed by atoms with van der Waals surface area (Å²) in [6.45, 7) is 0.455. The number of halogens is 2. The van der Waals surface area contributed by atoms with Crippen molar-refractivity contribution < 1.29 is 13.9 Å². The number of rotatable bonds is 5. The average molecular weight is 207 g/mol. The van der Waals surface area contributed by atoms with Gasteiger partial charge >= 0.3 is 0 Å². The maximum Gasteiger partial charge on any atom is 0.265 e. The molecule has 0 fully saturated rings. The van der Waals surface area contributed by atoms with E-state index in [1.807, 2.05) is 17.5 Å². The summed E-state index contributed by atoms with van der Waals surface area (Å²) < 4.78 is 23.6. The van der Waals surface area contributed by atoms with Crippen molar-refractivity contribution in [2.45, 2.75) is 19.1 Å². The van der Waals surface area contributed by atoms with Gasteiger partial charge in [-0.2, -0.15) is 0 Å².